The third-order valence-electron chi connectivity index (χ3n) is 5.02. The minimum atomic E-state index is 0.122. The number of methoxy groups -OCH3 is 2. The van der Waals surface area contributed by atoms with Gasteiger partial charge in [-0.3, -0.25) is 4.79 Å². The van der Waals surface area contributed by atoms with Crippen molar-refractivity contribution in [1.82, 2.24) is 9.97 Å². The van der Waals surface area contributed by atoms with Crippen molar-refractivity contribution < 1.29 is 14.3 Å². The molecule has 2 N–H and O–H groups in total. The fourth-order valence-electron chi connectivity index (χ4n) is 3.65. The third-order valence-corrected chi connectivity index (χ3v) is 5.02. The number of fused-ring (bicyclic) bond motifs is 1. The van der Waals surface area contributed by atoms with Crippen LogP contribution in [0.1, 0.15) is 12.2 Å². The number of aromatic nitrogens is 2. The highest BCUT2D eigenvalue weighted by Gasteiger charge is 2.31. The van der Waals surface area contributed by atoms with E-state index >= 15 is 0 Å². The Morgan fingerprint density at radius 1 is 1.11 bits per heavy atom. The number of para-hydroxylation sites is 1. The molecule has 144 valence electrons. The summed E-state index contributed by atoms with van der Waals surface area (Å²) >= 11 is 0. The van der Waals surface area contributed by atoms with E-state index in [2.05, 4.69) is 9.97 Å². The van der Waals surface area contributed by atoms with Gasteiger partial charge in [0.2, 0.25) is 5.91 Å². The molecule has 1 atom stereocenters. The molecule has 4 rings (SSSR count). The Morgan fingerprint density at radius 2 is 1.82 bits per heavy atom. The molecule has 2 aromatic carbocycles. The number of nitrogens with two attached hydrogens (primary N) is 1. The Labute approximate surface area is 163 Å². The number of benzene rings is 2. The van der Waals surface area contributed by atoms with Gasteiger partial charge in [-0.05, 0) is 24.1 Å². The number of hydrogen-bond acceptors (Lipinski definition) is 6. The summed E-state index contributed by atoms with van der Waals surface area (Å²) < 4.78 is 10.7. The molecule has 0 radical (unpaired) electrons. The van der Waals surface area contributed by atoms with Gasteiger partial charge in [-0.15, -0.1) is 0 Å². The third kappa shape index (κ3) is 3.31. The molecule has 0 saturated carbocycles. The second kappa shape index (κ2) is 7.34. The minimum Gasteiger partial charge on any atom is -0.493 e. The maximum absolute atomic E-state index is 12.4. The molecular weight excluding hydrogens is 356 g/mol. The number of amides is 1. The number of hydrogen-bond donors (Lipinski definition) is 1. The summed E-state index contributed by atoms with van der Waals surface area (Å²) in [7, 11) is 3.15. The first kappa shape index (κ1) is 18.0. The van der Waals surface area contributed by atoms with Crippen molar-refractivity contribution in [3.63, 3.8) is 0 Å². The van der Waals surface area contributed by atoms with Crippen LogP contribution in [0.25, 0.3) is 10.9 Å². The molecule has 7 nitrogen and oxygen atoms in total. The van der Waals surface area contributed by atoms with E-state index in [0.717, 1.165) is 11.1 Å². The summed E-state index contributed by atoms with van der Waals surface area (Å²) in [6.07, 6.45) is 1.06. The van der Waals surface area contributed by atoms with Crippen LogP contribution in [-0.2, 0) is 11.2 Å². The lowest BCUT2D eigenvalue weighted by atomic mass is 10.0. The molecule has 1 fully saturated rings. The van der Waals surface area contributed by atoms with Crippen LogP contribution in [0.2, 0.25) is 0 Å². The van der Waals surface area contributed by atoms with Crippen molar-refractivity contribution in [2.24, 2.45) is 5.92 Å². The van der Waals surface area contributed by atoms with E-state index in [0.29, 0.717) is 48.0 Å². The van der Waals surface area contributed by atoms with E-state index in [4.69, 9.17) is 15.2 Å². The van der Waals surface area contributed by atoms with Gasteiger partial charge in [0.15, 0.2) is 11.5 Å². The molecule has 1 amide bonds. The lowest BCUT2D eigenvalue weighted by molar-refractivity contribution is -0.117. The second-order valence-electron chi connectivity index (χ2n) is 6.86. The van der Waals surface area contributed by atoms with E-state index in [1.165, 1.54) is 0 Å². The Hall–Kier alpha value is -3.35. The SMILES string of the molecule is COc1cc2nc(CC3CC(=O)N(c4ccccc4)C3)nc(N)c2cc1OC. The van der Waals surface area contributed by atoms with Crippen LogP contribution >= 0.6 is 0 Å². The number of rotatable bonds is 5. The molecule has 1 unspecified atom stereocenters. The Kier molecular flexibility index (Phi) is 4.73. The quantitative estimate of drug-likeness (QED) is 0.734. The highest BCUT2D eigenvalue weighted by Crippen LogP contribution is 2.34. The highest BCUT2D eigenvalue weighted by molar-refractivity contribution is 5.95. The highest BCUT2D eigenvalue weighted by atomic mass is 16.5. The van der Waals surface area contributed by atoms with Crippen LogP contribution < -0.4 is 20.1 Å². The molecule has 1 aromatic heterocycles. The average molecular weight is 378 g/mol. The molecule has 0 aliphatic carbocycles. The van der Waals surface area contributed by atoms with E-state index in [1.807, 2.05) is 35.2 Å². The standard InChI is InChI=1S/C21H22N4O3/c1-27-17-10-15-16(11-18(17)28-2)23-19(24-21(15)22)8-13-9-20(26)25(12-13)14-6-4-3-5-7-14/h3-7,10-11,13H,8-9,12H2,1-2H3,(H2,22,23,24). The molecule has 2 heterocycles. The Morgan fingerprint density at radius 3 is 2.54 bits per heavy atom. The van der Waals surface area contributed by atoms with Gasteiger partial charge in [0, 0.05) is 36.5 Å². The molecule has 28 heavy (non-hydrogen) atoms. The molecule has 0 bridgehead atoms. The molecule has 1 aliphatic rings. The Bertz CT molecular complexity index is 1020. The van der Waals surface area contributed by atoms with Gasteiger partial charge >= 0.3 is 0 Å². The van der Waals surface area contributed by atoms with Crippen LogP contribution in [0, 0.1) is 5.92 Å². The number of carbonyl (C=O) groups is 1. The predicted octanol–water partition coefficient (Wildman–Crippen LogP) is 2.82. The van der Waals surface area contributed by atoms with Crippen LogP contribution in [0.15, 0.2) is 42.5 Å². The van der Waals surface area contributed by atoms with Crippen molar-refractivity contribution in [3.8, 4) is 11.5 Å². The first-order chi connectivity index (χ1) is 13.6. The number of nitrogen functional groups attached to an aromatic ring is 1. The van der Waals surface area contributed by atoms with Crippen molar-refractivity contribution in [1.29, 1.82) is 0 Å². The zero-order valence-electron chi connectivity index (χ0n) is 15.9. The normalized spacial score (nSPS) is 16.6. The fourth-order valence-corrected chi connectivity index (χ4v) is 3.65. The summed E-state index contributed by atoms with van der Waals surface area (Å²) in [5, 5.41) is 0.717. The summed E-state index contributed by atoms with van der Waals surface area (Å²) in [5.74, 6) is 2.46. The van der Waals surface area contributed by atoms with Crippen molar-refractivity contribution >= 4 is 28.3 Å². The minimum absolute atomic E-state index is 0.122. The smallest absolute Gasteiger partial charge is 0.227 e. The summed E-state index contributed by atoms with van der Waals surface area (Å²) in [5.41, 5.74) is 7.79. The predicted molar refractivity (Wildman–Crippen MR) is 108 cm³/mol. The van der Waals surface area contributed by atoms with Gasteiger partial charge in [-0.25, -0.2) is 9.97 Å². The zero-order chi connectivity index (χ0) is 19.7. The molecule has 1 aliphatic heterocycles. The zero-order valence-corrected chi connectivity index (χ0v) is 15.9. The maximum atomic E-state index is 12.4. The van der Waals surface area contributed by atoms with Crippen LogP contribution in [0.3, 0.4) is 0 Å². The lowest BCUT2D eigenvalue weighted by Gasteiger charge is -2.16. The number of anilines is 2. The largest absolute Gasteiger partial charge is 0.493 e. The van der Waals surface area contributed by atoms with Gasteiger partial charge in [-0.2, -0.15) is 0 Å². The fraction of sp³-hybridized carbons (Fsp3) is 0.286. The maximum Gasteiger partial charge on any atom is 0.227 e. The molecule has 7 heteroatoms. The van der Waals surface area contributed by atoms with Crippen LogP contribution in [-0.4, -0.2) is 36.6 Å². The summed E-state index contributed by atoms with van der Waals surface area (Å²) in [6, 6.07) is 13.3. The number of nitrogens with zero attached hydrogens (tertiary/aromatic N) is 3. The van der Waals surface area contributed by atoms with Crippen LogP contribution in [0.5, 0.6) is 11.5 Å². The molecule has 3 aromatic rings. The first-order valence-electron chi connectivity index (χ1n) is 9.12. The van der Waals surface area contributed by atoms with Gasteiger partial charge in [0.05, 0.1) is 19.7 Å². The first-order valence-corrected chi connectivity index (χ1v) is 9.12. The monoisotopic (exact) mass is 378 g/mol. The number of carbonyl (C=O) groups excluding carboxylic acids is 1. The number of ether oxygens (including phenoxy) is 2. The lowest BCUT2D eigenvalue weighted by Crippen LogP contribution is -2.24. The Balaban J connectivity index is 1.59. The van der Waals surface area contributed by atoms with Gasteiger partial charge in [-0.1, -0.05) is 18.2 Å². The van der Waals surface area contributed by atoms with Gasteiger partial charge in [0.25, 0.3) is 0 Å². The van der Waals surface area contributed by atoms with Crippen molar-refractivity contribution in [2.75, 3.05) is 31.4 Å². The van der Waals surface area contributed by atoms with E-state index in [1.54, 1.807) is 26.4 Å². The van der Waals surface area contributed by atoms with Crippen LogP contribution in [0.4, 0.5) is 11.5 Å². The van der Waals surface area contributed by atoms with Crippen molar-refractivity contribution in [3.05, 3.63) is 48.3 Å². The topological polar surface area (TPSA) is 90.6 Å². The van der Waals surface area contributed by atoms with Gasteiger partial charge < -0.3 is 20.1 Å². The average Bonchev–Trinajstić information content (AvgIpc) is 3.07. The molecule has 1 saturated heterocycles. The van der Waals surface area contributed by atoms with E-state index < -0.39 is 0 Å². The summed E-state index contributed by atoms with van der Waals surface area (Å²) in [6.45, 7) is 0.649. The molecular formula is C21H22N4O3. The van der Waals surface area contributed by atoms with Gasteiger partial charge in [0.1, 0.15) is 11.6 Å². The summed E-state index contributed by atoms with van der Waals surface area (Å²) in [4.78, 5) is 23.4. The van der Waals surface area contributed by atoms with E-state index in [-0.39, 0.29) is 11.8 Å². The molecule has 0 spiro atoms. The van der Waals surface area contributed by atoms with E-state index in [9.17, 15) is 4.79 Å². The second-order valence-corrected chi connectivity index (χ2v) is 6.86. The van der Waals surface area contributed by atoms with Crippen molar-refractivity contribution in [2.45, 2.75) is 12.8 Å².